The number of fused-ring (bicyclic) bond motifs is 1. The molecule has 6 nitrogen and oxygen atoms in total. The van der Waals surface area contributed by atoms with Crippen LogP contribution in [0, 0.1) is 0 Å². The van der Waals surface area contributed by atoms with E-state index in [1.807, 2.05) is 24.3 Å². The molecule has 1 heterocycles. The number of methoxy groups -OCH3 is 1. The van der Waals surface area contributed by atoms with E-state index in [1.165, 1.54) is 6.92 Å². The molecule has 3 rings (SSSR count). The van der Waals surface area contributed by atoms with E-state index in [4.69, 9.17) is 14.2 Å². The predicted molar refractivity (Wildman–Crippen MR) is 102 cm³/mol. The lowest BCUT2D eigenvalue weighted by atomic mass is 10.1. The SMILES string of the molecule is COc1ccc(OCCCC(=O)N2CCOc3ccc(C(C)=O)cc32)cc1. The van der Waals surface area contributed by atoms with Crippen LogP contribution < -0.4 is 19.1 Å². The highest BCUT2D eigenvalue weighted by molar-refractivity contribution is 5.99. The average Bonchev–Trinajstić information content (AvgIpc) is 2.70. The van der Waals surface area contributed by atoms with Gasteiger partial charge in [-0.2, -0.15) is 0 Å². The van der Waals surface area contributed by atoms with Gasteiger partial charge in [-0.05, 0) is 55.8 Å². The van der Waals surface area contributed by atoms with E-state index >= 15 is 0 Å². The molecule has 0 aliphatic carbocycles. The molecular formula is C21H23NO5. The second-order valence-corrected chi connectivity index (χ2v) is 6.26. The summed E-state index contributed by atoms with van der Waals surface area (Å²) in [6.45, 7) is 2.88. The van der Waals surface area contributed by atoms with Crippen molar-refractivity contribution in [1.29, 1.82) is 0 Å². The first-order valence-corrected chi connectivity index (χ1v) is 8.93. The van der Waals surface area contributed by atoms with Crippen molar-refractivity contribution in [2.24, 2.45) is 0 Å². The Bertz CT molecular complexity index is 816. The first kappa shape index (κ1) is 18.8. The lowest BCUT2D eigenvalue weighted by Gasteiger charge is -2.30. The van der Waals surface area contributed by atoms with Crippen molar-refractivity contribution in [3.8, 4) is 17.2 Å². The van der Waals surface area contributed by atoms with Gasteiger partial charge in [0.15, 0.2) is 5.78 Å². The number of hydrogen-bond donors (Lipinski definition) is 0. The van der Waals surface area contributed by atoms with Crippen LogP contribution in [-0.4, -0.2) is 38.6 Å². The molecule has 0 aromatic heterocycles. The van der Waals surface area contributed by atoms with Crippen LogP contribution in [0.25, 0.3) is 0 Å². The van der Waals surface area contributed by atoms with E-state index < -0.39 is 0 Å². The largest absolute Gasteiger partial charge is 0.497 e. The van der Waals surface area contributed by atoms with Crippen molar-refractivity contribution >= 4 is 17.4 Å². The number of hydrogen-bond acceptors (Lipinski definition) is 5. The predicted octanol–water partition coefficient (Wildman–Crippen LogP) is 3.48. The maximum absolute atomic E-state index is 12.7. The topological polar surface area (TPSA) is 65.1 Å². The molecule has 2 aromatic rings. The van der Waals surface area contributed by atoms with Gasteiger partial charge in [-0.1, -0.05) is 0 Å². The van der Waals surface area contributed by atoms with Crippen LogP contribution in [0.1, 0.15) is 30.1 Å². The molecule has 1 aliphatic heterocycles. The van der Waals surface area contributed by atoms with E-state index in [9.17, 15) is 9.59 Å². The van der Waals surface area contributed by atoms with Crippen molar-refractivity contribution in [2.75, 3.05) is 31.8 Å². The molecule has 0 saturated heterocycles. The number of ketones is 1. The van der Waals surface area contributed by atoms with Crippen molar-refractivity contribution in [1.82, 2.24) is 0 Å². The van der Waals surface area contributed by atoms with Gasteiger partial charge in [0.05, 0.1) is 25.9 Å². The van der Waals surface area contributed by atoms with Gasteiger partial charge < -0.3 is 19.1 Å². The van der Waals surface area contributed by atoms with Crippen LogP contribution in [0.2, 0.25) is 0 Å². The van der Waals surface area contributed by atoms with E-state index in [2.05, 4.69) is 0 Å². The van der Waals surface area contributed by atoms with Gasteiger partial charge in [0.2, 0.25) is 5.91 Å². The summed E-state index contributed by atoms with van der Waals surface area (Å²) < 4.78 is 16.4. The number of carbonyl (C=O) groups excluding carboxylic acids is 2. The number of Topliss-reactive ketones (excluding diaryl/α,β-unsaturated/α-hetero) is 1. The molecule has 0 spiro atoms. The second-order valence-electron chi connectivity index (χ2n) is 6.26. The molecule has 1 amide bonds. The van der Waals surface area contributed by atoms with Crippen molar-refractivity contribution in [3.63, 3.8) is 0 Å². The van der Waals surface area contributed by atoms with E-state index in [1.54, 1.807) is 30.2 Å². The summed E-state index contributed by atoms with van der Waals surface area (Å²) in [4.78, 5) is 26.0. The standard InChI is InChI=1S/C21H23NO5/c1-15(23)16-5-10-20-19(14-16)22(11-13-27-20)21(24)4-3-12-26-18-8-6-17(25-2)7-9-18/h5-10,14H,3-4,11-13H2,1-2H3. The molecule has 2 aromatic carbocycles. The van der Waals surface area contributed by atoms with Crippen molar-refractivity contribution < 1.29 is 23.8 Å². The number of amides is 1. The minimum atomic E-state index is -0.0383. The monoisotopic (exact) mass is 369 g/mol. The van der Waals surface area contributed by atoms with Crippen LogP contribution in [0.5, 0.6) is 17.2 Å². The number of anilines is 1. The molecule has 0 radical (unpaired) electrons. The van der Waals surface area contributed by atoms with E-state index in [0.29, 0.717) is 49.6 Å². The first-order valence-electron chi connectivity index (χ1n) is 8.93. The first-order chi connectivity index (χ1) is 13.1. The zero-order chi connectivity index (χ0) is 19.2. The fourth-order valence-corrected chi connectivity index (χ4v) is 2.92. The maximum Gasteiger partial charge on any atom is 0.227 e. The number of benzene rings is 2. The molecule has 0 atom stereocenters. The Morgan fingerprint density at radius 2 is 1.85 bits per heavy atom. The van der Waals surface area contributed by atoms with Gasteiger partial charge in [0, 0.05) is 12.0 Å². The third kappa shape index (κ3) is 4.58. The molecule has 6 heteroatoms. The van der Waals surface area contributed by atoms with Gasteiger partial charge in [0.25, 0.3) is 0 Å². The average molecular weight is 369 g/mol. The third-order valence-electron chi connectivity index (χ3n) is 4.39. The van der Waals surface area contributed by atoms with Gasteiger partial charge >= 0.3 is 0 Å². The summed E-state index contributed by atoms with van der Waals surface area (Å²) in [5.74, 6) is 2.11. The summed E-state index contributed by atoms with van der Waals surface area (Å²) in [6.07, 6.45) is 0.962. The zero-order valence-electron chi connectivity index (χ0n) is 15.6. The van der Waals surface area contributed by atoms with Gasteiger partial charge in [-0.3, -0.25) is 9.59 Å². The zero-order valence-corrected chi connectivity index (χ0v) is 15.6. The van der Waals surface area contributed by atoms with E-state index in [-0.39, 0.29) is 11.7 Å². The lowest BCUT2D eigenvalue weighted by molar-refractivity contribution is -0.119. The molecular weight excluding hydrogens is 346 g/mol. The van der Waals surface area contributed by atoms with Crippen LogP contribution in [0.4, 0.5) is 5.69 Å². The molecule has 0 fully saturated rings. The van der Waals surface area contributed by atoms with Gasteiger partial charge in [-0.25, -0.2) is 0 Å². The summed E-state index contributed by atoms with van der Waals surface area (Å²) in [5, 5.41) is 0. The number of ether oxygens (including phenoxy) is 3. The normalized spacial score (nSPS) is 12.7. The van der Waals surface area contributed by atoms with Crippen LogP contribution in [0.15, 0.2) is 42.5 Å². The fourth-order valence-electron chi connectivity index (χ4n) is 2.92. The molecule has 1 aliphatic rings. The van der Waals surface area contributed by atoms with Gasteiger partial charge in [0.1, 0.15) is 23.9 Å². The molecule has 0 N–H and O–H groups in total. The molecule has 0 saturated carbocycles. The summed E-state index contributed by atoms with van der Waals surface area (Å²) >= 11 is 0. The highest BCUT2D eigenvalue weighted by atomic mass is 16.5. The van der Waals surface area contributed by atoms with Crippen LogP contribution in [0.3, 0.4) is 0 Å². The minimum Gasteiger partial charge on any atom is -0.497 e. The fraction of sp³-hybridized carbons (Fsp3) is 0.333. The number of carbonyl (C=O) groups is 2. The third-order valence-corrected chi connectivity index (χ3v) is 4.39. The Labute approximate surface area is 158 Å². The molecule has 0 bridgehead atoms. The summed E-state index contributed by atoms with van der Waals surface area (Å²) in [5.41, 5.74) is 1.23. The van der Waals surface area contributed by atoms with Crippen LogP contribution >= 0.6 is 0 Å². The van der Waals surface area contributed by atoms with Crippen LogP contribution in [-0.2, 0) is 4.79 Å². The Morgan fingerprint density at radius 1 is 1.11 bits per heavy atom. The Morgan fingerprint density at radius 3 is 2.56 bits per heavy atom. The molecule has 142 valence electrons. The number of nitrogens with zero attached hydrogens (tertiary/aromatic N) is 1. The number of rotatable bonds is 7. The maximum atomic E-state index is 12.7. The molecule has 0 unspecified atom stereocenters. The highest BCUT2D eigenvalue weighted by Gasteiger charge is 2.24. The van der Waals surface area contributed by atoms with E-state index in [0.717, 1.165) is 11.5 Å². The Kier molecular flexibility index (Phi) is 5.96. The quantitative estimate of drug-likeness (QED) is 0.552. The smallest absolute Gasteiger partial charge is 0.227 e. The summed E-state index contributed by atoms with van der Waals surface area (Å²) in [6, 6.07) is 12.5. The van der Waals surface area contributed by atoms with Crippen molar-refractivity contribution in [2.45, 2.75) is 19.8 Å². The lowest BCUT2D eigenvalue weighted by Crippen LogP contribution is -2.38. The minimum absolute atomic E-state index is 0.00131. The molecule has 27 heavy (non-hydrogen) atoms. The Balaban J connectivity index is 1.55. The Hall–Kier alpha value is -3.02. The highest BCUT2D eigenvalue weighted by Crippen LogP contribution is 2.33. The van der Waals surface area contributed by atoms with Gasteiger partial charge in [-0.15, -0.1) is 0 Å². The van der Waals surface area contributed by atoms with Crippen molar-refractivity contribution in [3.05, 3.63) is 48.0 Å². The second kappa shape index (κ2) is 8.58. The summed E-state index contributed by atoms with van der Waals surface area (Å²) in [7, 11) is 1.62.